The fourth-order valence-electron chi connectivity index (χ4n) is 8.14. The van der Waals surface area contributed by atoms with Gasteiger partial charge in [-0.2, -0.15) is 4.98 Å². The third kappa shape index (κ3) is 9.63. The number of rotatable bonds is 20. The van der Waals surface area contributed by atoms with E-state index in [1.54, 1.807) is 18.6 Å². The summed E-state index contributed by atoms with van der Waals surface area (Å²) in [6.07, 6.45) is -0.565. The van der Waals surface area contributed by atoms with Gasteiger partial charge in [0.25, 0.3) is 12.0 Å². The van der Waals surface area contributed by atoms with E-state index in [0.29, 0.717) is 12.2 Å². The Morgan fingerprint density at radius 2 is 1.55 bits per heavy atom. The van der Waals surface area contributed by atoms with Crippen molar-refractivity contribution in [2.45, 2.75) is 76.7 Å². The molecule has 3 N–H and O–H groups in total. The van der Waals surface area contributed by atoms with Crippen LogP contribution in [0, 0.1) is 5.41 Å². The zero-order chi connectivity index (χ0) is 46.5. The highest BCUT2D eigenvalue weighted by molar-refractivity contribution is 8.13. The lowest BCUT2D eigenvalue weighted by Crippen LogP contribution is -2.42. The highest BCUT2D eigenvalue weighted by atomic mass is 32.2. The SMILES string of the molecule is CCC(C)(C)C(=O)SCCOP(=O)(NCc1ccccc1)OC[C@H]1O[C@@H](n2cnc3c(=O)[nH]c(NC(c4ccccc4)(c4ccccc4)c4ccc(OC)cc4)nc32)[C@@]2(C)OC(OC)OC12. The monoisotopic (exact) mass is 938 g/mol. The number of aromatic amines is 1. The summed E-state index contributed by atoms with van der Waals surface area (Å²) in [5.41, 5.74) is 0.397. The molecular formula is C48H55N6O10PS. The molecule has 0 bridgehead atoms. The van der Waals surface area contributed by atoms with Gasteiger partial charge in [0.2, 0.25) is 5.95 Å². The van der Waals surface area contributed by atoms with E-state index in [-0.39, 0.29) is 47.7 Å². The van der Waals surface area contributed by atoms with Gasteiger partial charge in [-0.25, -0.2) is 14.6 Å². The number of hydrogen-bond donors (Lipinski definition) is 3. The van der Waals surface area contributed by atoms with Gasteiger partial charge in [-0.15, -0.1) is 0 Å². The molecule has 66 heavy (non-hydrogen) atoms. The van der Waals surface area contributed by atoms with Crippen molar-refractivity contribution in [1.82, 2.24) is 24.6 Å². The normalized spacial score (nSPS) is 21.7. The number of carbonyl (C=O) groups excluding carboxylic acids is 1. The van der Waals surface area contributed by atoms with Gasteiger partial charge in [0.05, 0.1) is 26.7 Å². The summed E-state index contributed by atoms with van der Waals surface area (Å²) < 4.78 is 58.6. The minimum absolute atomic E-state index is 0.0210. The molecule has 6 aromatic rings. The van der Waals surface area contributed by atoms with Crippen LogP contribution in [0.5, 0.6) is 5.75 Å². The minimum atomic E-state index is -4.03. The van der Waals surface area contributed by atoms with Crippen LogP contribution < -0.4 is 20.7 Å². The number of nitrogens with one attached hydrogen (secondary N) is 3. The van der Waals surface area contributed by atoms with E-state index in [2.05, 4.69) is 20.4 Å². The van der Waals surface area contributed by atoms with Gasteiger partial charge in [0, 0.05) is 24.8 Å². The number of nitrogens with zero attached hydrogens (tertiary/aromatic N) is 3. The van der Waals surface area contributed by atoms with E-state index in [4.69, 9.17) is 37.7 Å². The average Bonchev–Trinajstić information content (AvgIpc) is 4.01. The number of carbonyl (C=O) groups is 1. The molecule has 16 nitrogen and oxygen atoms in total. The number of aromatic nitrogens is 4. The summed E-state index contributed by atoms with van der Waals surface area (Å²) in [5.74, 6) is 1.10. The van der Waals surface area contributed by atoms with Crippen molar-refractivity contribution in [3.05, 3.63) is 154 Å². The van der Waals surface area contributed by atoms with Crippen molar-refractivity contribution < 1.29 is 42.1 Å². The van der Waals surface area contributed by atoms with E-state index in [9.17, 15) is 14.2 Å². The fourth-order valence-corrected chi connectivity index (χ4v) is 10.5. The maximum Gasteiger partial charge on any atom is 0.405 e. The number of imidazole rings is 1. The molecular weight excluding hydrogens is 884 g/mol. The maximum atomic E-state index is 14.5. The number of methoxy groups -OCH3 is 2. The minimum Gasteiger partial charge on any atom is -0.497 e. The zero-order valence-electron chi connectivity index (χ0n) is 37.7. The van der Waals surface area contributed by atoms with E-state index >= 15 is 0 Å². The second-order valence-electron chi connectivity index (χ2n) is 16.8. The quantitative estimate of drug-likeness (QED) is 0.0378. The predicted molar refractivity (Wildman–Crippen MR) is 251 cm³/mol. The molecule has 2 aromatic heterocycles. The van der Waals surface area contributed by atoms with E-state index < -0.39 is 54.8 Å². The van der Waals surface area contributed by atoms with Crippen LogP contribution in [0.2, 0.25) is 0 Å². The fraction of sp³-hybridized carbons (Fsp3) is 0.375. The number of thioether (sulfide) groups is 1. The van der Waals surface area contributed by atoms with Gasteiger partial charge in [-0.1, -0.05) is 136 Å². The Morgan fingerprint density at radius 1 is 0.909 bits per heavy atom. The van der Waals surface area contributed by atoms with E-state index in [0.717, 1.165) is 34.0 Å². The number of anilines is 1. The predicted octanol–water partition coefficient (Wildman–Crippen LogP) is 8.16. The molecule has 348 valence electrons. The molecule has 2 aliphatic heterocycles. The van der Waals surface area contributed by atoms with Crippen LogP contribution in [0.15, 0.2) is 126 Å². The molecule has 0 amide bonds. The first-order valence-electron chi connectivity index (χ1n) is 21.7. The lowest BCUT2D eigenvalue weighted by atomic mass is 9.77. The van der Waals surface area contributed by atoms with Crippen LogP contribution in [0.1, 0.15) is 62.6 Å². The highest BCUT2D eigenvalue weighted by Crippen LogP contribution is 2.51. The van der Waals surface area contributed by atoms with Crippen molar-refractivity contribution in [2.24, 2.45) is 5.41 Å². The van der Waals surface area contributed by atoms with Crippen molar-refractivity contribution >= 4 is 41.7 Å². The van der Waals surface area contributed by atoms with Crippen LogP contribution in [-0.4, -0.2) is 82.1 Å². The Bertz CT molecular complexity index is 2650. The van der Waals surface area contributed by atoms with Crippen molar-refractivity contribution in [3.63, 3.8) is 0 Å². The molecule has 0 aliphatic carbocycles. The number of ether oxygens (including phenoxy) is 5. The van der Waals surface area contributed by atoms with Gasteiger partial charge in [0.15, 0.2) is 22.5 Å². The van der Waals surface area contributed by atoms with Crippen molar-refractivity contribution in [2.75, 3.05) is 38.5 Å². The van der Waals surface area contributed by atoms with Gasteiger partial charge in [-0.05, 0) is 47.7 Å². The van der Waals surface area contributed by atoms with Crippen LogP contribution in [-0.2, 0) is 49.4 Å². The largest absolute Gasteiger partial charge is 0.497 e. The molecule has 4 heterocycles. The number of H-pyrrole nitrogens is 1. The first kappa shape index (κ1) is 47.3. The molecule has 4 aromatic carbocycles. The topological polar surface area (TPSA) is 186 Å². The van der Waals surface area contributed by atoms with Gasteiger partial charge in [-0.3, -0.25) is 28.2 Å². The summed E-state index contributed by atoms with van der Waals surface area (Å²) in [6.45, 7) is 6.36. The number of fused-ring (bicyclic) bond motifs is 2. The Kier molecular flexibility index (Phi) is 14.3. The Balaban J connectivity index is 1.11. The standard InChI is InChI=1S/C48H55N6O10PS/c1-7-46(2,3)43(56)66-28-27-60-65(57,50-29-32-17-11-8-12-18-32)61-30-37-39-47(4,64-45(59-6)63-39)42(62-37)54-31-49-38-40(54)51-44(52-41(38)55)53-48(33-19-13-9-14-20-33,34-21-15-10-16-22-34)35-23-25-36(58-5)26-24-35/h8-26,31,37,39,42,45H,7,27-30H2,1-6H3,(H,50,57)(H2,51,52,53,55)/t37-,39?,42-,45?,47+,65?/m1/s1. The molecule has 6 atom stereocenters. The van der Waals surface area contributed by atoms with E-state index in [1.807, 2.05) is 136 Å². The van der Waals surface area contributed by atoms with Crippen LogP contribution in [0.25, 0.3) is 11.2 Å². The van der Waals surface area contributed by atoms with Crippen LogP contribution in [0.3, 0.4) is 0 Å². The molecule has 3 unspecified atom stereocenters. The molecule has 8 rings (SSSR count). The third-order valence-corrected chi connectivity index (χ3v) is 14.9. The lowest BCUT2D eigenvalue weighted by molar-refractivity contribution is -0.268. The Labute approximate surface area is 387 Å². The number of hydrogen-bond acceptors (Lipinski definition) is 14. The molecule has 0 spiro atoms. The second-order valence-corrected chi connectivity index (χ2v) is 19.7. The van der Waals surface area contributed by atoms with Gasteiger partial charge < -0.3 is 29.0 Å². The second kappa shape index (κ2) is 20.0. The summed E-state index contributed by atoms with van der Waals surface area (Å²) in [7, 11) is -0.962. The van der Waals surface area contributed by atoms with Gasteiger partial charge in [0.1, 0.15) is 29.1 Å². The molecule has 2 saturated heterocycles. The van der Waals surface area contributed by atoms with Crippen molar-refractivity contribution in [1.29, 1.82) is 0 Å². The van der Waals surface area contributed by atoms with Crippen LogP contribution >= 0.6 is 19.5 Å². The van der Waals surface area contributed by atoms with Crippen molar-refractivity contribution in [3.8, 4) is 5.75 Å². The molecule has 0 radical (unpaired) electrons. The lowest BCUT2D eigenvalue weighted by Gasteiger charge is -2.37. The summed E-state index contributed by atoms with van der Waals surface area (Å²) in [4.78, 5) is 39.3. The zero-order valence-corrected chi connectivity index (χ0v) is 39.4. The average molecular weight is 939 g/mol. The highest BCUT2D eigenvalue weighted by Gasteiger charge is 2.63. The summed E-state index contributed by atoms with van der Waals surface area (Å²) in [5, 5.41) is 6.64. The first-order valence-corrected chi connectivity index (χ1v) is 24.2. The molecule has 2 aliphatic rings. The smallest absolute Gasteiger partial charge is 0.405 e. The Morgan fingerprint density at radius 3 is 2.17 bits per heavy atom. The van der Waals surface area contributed by atoms with Gasteiger partial charge >= 0.3 is 7.75 Å². The Hall–Kier alpha value is -5.20. The number of benzene rings is 4. The third-order valence-electron chi connectivity index (χ3n) is 12.2. The molecule has 2 fully saturated rings. The maximum absolute atomic E-state index is 14.5. The summed E-state index contributed by atoms with van der Waals surface area (Å²) in [6, 6.07) is 36.9. The molecule has 18 heteroatoms. The van der Waals surface area contributed by atoms with Crippen LogP contribution in [0.4, 0.5) is 5.95 Å². The summed E-state index contributed by atoms with van der Waals surface area (Å²) >= 11 is 1.13. The molecule has 0 saturated carbocycles. The first-order chi connectivity index (χ1) is 31.8. The van der Waals surface area contributed by atoms with E-state index in [1.165, 1.54) is 13.4 Å².